The predicted octanol–water partition coefficient (Wildman–Crippen LogP) is 3.54. The fourth-order valence-corrected chi connectivity index (χ4v) is 3.75. The minimum Gasteiger partial charge on any atom is -0.497 e. The number of aromatic nitrogens is 3. The molecule has 2 aromatic heterocycles. The number of carbonyl (C=O) groups is 1. The molecular weight excluding hydrogens is 392 g/mol. The van der Waals surface area contributed by atoms with Crippen LogP contribution in [0.25, 0.3) is 11.6 Å². The summed E-state index contributed by atoms with van der Waals surface area (Å²) in [4.78, 5) is 12.5. The van der Waals surface area contributed by atoms with E-state index in [9.17, 15) is 4.79 Å². The second-order valence-electron chi connectivity index (χ2n) is 6.21. The van der Waals surface area contributed by atoms with Gasteiger partial charge in [-0.15, -0.1) is 10.2 Å². The van der Waals surface area contributed by atoms with E-state index < -0.39 is 0 Å². The molecule has 1 amide bonds. The van der Waals surface area contributed by atoms with E-state index in [2.05, 4.69) is 15.5 Å². The van der Waals surface area contributed by atoms with Crippen molar-refractivity contribution in [1.29, 1.82) is 0 Å². The Morgan fingerprint density at radius 3 is 2.76 bits per heavy atom. The van der Waals surface area contributed by atoms with Crippen LogP contribution in [0.3, 0.4) is 0 Å². The number of carbonyl (C=O) groups excluding carboxylic acids is 1. The van der Waals surface area contributed by atoms with Gasteiger partial charge in [-0.1, -0.05) is 11.8 Å². The number of methoxy groups -OCH3 is 2. The first kappa shape index (κ1) is 20.8. The van der Waals surface area contributed by atoms with Crippen molar-refractivity contribution in [2.45, 2.75) is 31.6 Å². The van der Waals surface area contributed by atoms with Crippen molar-refractivity contribution < 1.29 is 18.7 Å². The fraction of sp³-hybridized carbons (Fsp3) is 0.350. The van der Waals surface area contributed by atoms with Crippen LogP contribution in [-0.2, 0) is 11.3 Å². The van der Waals surface area contributed by atoms with E-state index in [1.54, 1.807) is 26.5 Å². The highest BCUT2D eigenvalue weighted by Crippen LogP contribution is 2.29. The molecule has 0 saturated heterocycles. The zero-order valence-corrected chi connectivity index (χ0v) is 17.7. The Labute approximate surface area is 173 Å². The Morgan fingerprint density at radius 2 is 2.10 bits per heavy atom. The van der Waals surface area contributed by atoms with Gasteiger partial charge in [-0.2, -0.15) is 0 Å². The van der Waals surface area contributed by atoms with Crippen LogP contribution in [0.5, 0.6) is 11.5 Å². The molecule has 29 heavy (non-hydrogen) atoms. The van der Waals surface area contributed by atoms with E-state index in [1.165, 1.54) is 11.8 Å². The molecule has 0 aliphatic carbocycles. The molecule has 0 aliphatic heterocycles. The van der Waals surface area contributed by atoms with Crippen molar-refractivity contribution in [3.05, 3.63) is 42.2 Å². The lowest BCUT2D eigenvalue weighted by molar-refractivity contribution is -0.119. The van der Waals surface area contributed by atoms with Gasteiger partial charge in [-0.3, -0.25) is 9.36 Å². The fourth-order valence-electron chi connectivity index (χ4n) is 2.94. The van der Waals surface area contributed by atoms with Crippen LogP contribution in [-0.4, -0.2) is 40.6 Å². The van der Waals surface area contributed by atoms with E-state index in [0.29, 0.717) is 34.8 Å². The highest BCUT2D eigenvalue weighted by Gasteiger charge is 2.18. The van der Waals surface area contributed by atoms with Crippen molar-refractivity contribution in [3.8, 4) is 23.1 Å². The standard InChI is InChI=1S/C20H24N4O4S/c1-5-24-19(17-7-6-10-28-17)22-23-20(24)29-12-18(25)21-13(2)15-11-14(26-3)8-9-16(15)27-4/h6-11,13H,5,12H2,1-4H3,(H,21,25)/t13-/m0/s1. The van der Waals surface area contributed by atoms with Gasteiger partial charge in [0.2, 0.25) is 5.91 Å². The molecule has 8 nitrogen and oxygen atoms in total. The lowest BCUT2D eigenvalue weighted by Crippen LogP contribution is -2.28. The Hall–Kier alpha value is -2.94. The van der Waals surface area contributed by atoms with E-state index in [1.807, 2.05) is 42.7 Å². The smallest absolute Gasteiger partial charge is 0.230 e. The molecule has 0 unspecified atom stereocenters. The number of nitrogens with zero attached hydrogens (tertiary/aromatic N) is 3. The van der Waals surface area contributed by atoms with E-state index in [-0.39, 0.29) is 17.7 Å². The summed E-state index contributed by atoms with van der Waals surface area (Å²) >= 11 is 1.33. The third kappa shape index (κ3) is 4.73. The number of rotatable bonds is 9. The van der Waals surface area contributed by atoms with Crippen LogP contribution < -0.4 is 14.8 Å². The maximum absolute atomic E-state index is 12.5. The highest BCUT2D eigenvalue weighted by atomic mass is 32.2. The Bertz CT molecular complexity index is 956. The predicted molar refractivity (Wildman–Crippen MR) is 110 cm³/mol. The van der Waals surface area contributed by atoms with Crippen LogP contribution >= 0.6 is 11.8 Å². The summed E-state index contributed by atoms with van der Waals surface area (Å²) < 4.78 is 18.0. The van der Waals surface area contributed by atoms with Crippen LogP contribution in [0.4, 0.5) is 0 Å². The summed E-state index contributed by atoms with van der Waals surface area (Å²) in [6.07, 6.45) is 1.60. The Morgan fingerprint density at radius 1 is 1.28 bits per heavy atom. The zero-order chi connectivity index (χ0) is 20.8. The van der Waals surface area contributed by atoms with Gasteiger partial charge in [0, 0.05) is 12.1 Å². The van der Waals surface area contributed by atoms with Gasteiger partial charge in [0.05, 0.1) is 32.3 Å². The van der Waals surface area contributed by atoms with Crippen molar-refractivity contribution in [1.82, 2.24) is 20.1 Å². The van der Waals surface area contributed by atoms with Crippen molar-refractivity contribution >= 4 is 17.7 Å². The van der Waals surface area contributed by atoms with Crippen molar-refractivity contribution in [3.63, 3.8) is 0 Å². The van der Waals surface area contributed by atoms with Gasteiger partial charge in [-0.25, -0.2) is 0 Å². The minimum atomic E-state index is -0.240. The molecular formula is C20H24N4O4S. The molecule has 0 spiro atoms. The lowest BCUT2D eigenvalue weighted by atomic mass is 10.1. The zero-order valence-electron chi connectivity index (χ0n) is 16.8. The summed E-state index contributed by atoms with van der Waals surface area (Å²) in [6, 6.07) is 8.90. The van der Waals surface area contributed by atoms with E-state index in [0.717, 1.165) is 5.56 Å². The summed E-state index contributed by atoms with van der Waals surface area (Å²) in [6.45, 7) is 4.57. The number of furan rings is 1. The summed E-state index contributed by atoms with van der Waals surface area (Å²) in [5, 5.41) is 12.1. The number of hydrogen-bond acceptors (Lipinski definition) is 7. The Balaban J connectivity index is 1.65. The number of amides is 1. The molecule has 0 bridgehead atoms. The van der Waals surface area contributed by atoms with Crippen LogP contribution in [0.2, 0.25) is 0 Å². The van der Waals surface area contributed by atoms with Crippen LogP contribution in [0, 0.1) is 0 Å². The molecule has 0 radical (unpaired) electrons. The summed E-state index contributed by atoms with van der Waals surface area (Å²) in [7, 11) is 3.20. The third-order valence-corrected chi connectivity index (χ3v) is 5.35. The van der Waals surface area contributed by atoms with Gasteiger partial charge in [0.1, 0.15) is 11.5 Å². The van der Waals surface area contributed by atoms with E-state index in [4.69, 9.17) is 13.9 Å². The van der Waals surface area contributed by atoms with Gasteiger partial charge in [0.15, 0.2) is 16.7 Å². The first-order valence-electron chi connectivity index (χ1n) is 9.18. The van der Waals surface area contributed by atoms with Gasteiger partial charge in [-0.05, 0) is 44.2 Å². The molecule has 3 aromatic rings. The minimum absolute atomic E-state index is 0.113. The Kier molecular flexibility index (Phi) is 6.82. The molecule has 0 saturated carbocycles. The largest absolute Gasteiger partial charge is 0.497 e. The average molecular weight is 417 g/mol. The molecule has 0 fully saturated rings. The molecule has 1 aromatic carbocycles. The first-order chi connectivity index (χ1) is 14.1. The molecule has 1 N–H and O–H groups in total. The highest BCUT2D eigenvalue weighted by molar-refractivity contribution is 7.99. The molecule has 9 heteroatoms. The summed E-state index contributed by atoms with van der Waals surface area (Å²) in [5.74, 6) is 2.80. The molecule has 2 heterocycles. The summed E-state index contributed by atoms with van der Waals surface area (Å²) in [5.41, 5.74) is 0.849. The second-order valence-corrected chi connectivity index (χ2v) is 7.16. The van der Waals surface area contributed by atoms with Crippen molar-refractivity contribution in [2.75, 3.05) is 20.0 Å². The van der Waals surface area contributed by atoms with E-state index >= 15 is 0 Å². The van der Waals surface area contributed by atoms with Gasteiger partial charge < -0.3 is 19.2 Å². The third-order valence-electron chi connectivity index (χ3n) is 4.39. The number of benzene rings is 1. The van der Waals surface area contributed by atoms with Gasteiger partial charge in [0.25, 0.3) is 0 Å². The second kappa shape index (κ2) is 9.51. The topological polar surface area (TPSA) is 91.4 Å². The monoisotopic (exact) mass is 416 g/mol. The molecule has 154 valence electrons. The SMILES string of the molecule is CCn1c(SCC(=O)N[C@@H](C)c2cc(OC)ccc2OC)nnc1-c1ccco1. The average Bonchev–Trinajstić information content (AvgIpc) is 3.40. The molecule has 0 aliphatic rings. The quantitative estimate of drug-likeness (QED) is 0.533. The van der Waals surface area contributed by atoms with Crippen LogP contribution in [0.1, 0.15) is 25.5 Å². The number of thioether (sulfide) groups is 1. The molecule has 1 atom stereocenters. The maximum atomic E-state index is 12.5. The lowest BCUT2D eigenvalue weighted by Gasteiger charge is -2.18. The number of hydrogen-bond donors (Lipinski definition) is 1. The van der Waals surface area contributed by atoms with Crippen LogP contribution in [0.15, 0.2) is 46.2 Å². The number of nitrogens with one attached hydrogen (secondary N) is 1. The normalized spacial score (nSPS) is 11.9. The number of ether oxygens (including phenoxy) is 2. The van der Waals surface area contributed by atoms with Gasteiger partial charge >= 0.3 is 0 Å². The first-order valence-corrected chi connectivity index (χ1v) is 10.2. The van der Waals surface area contributed by atoms with Crippen molar-refractivity contribution in [2.24, 2.45) is 0 Å². The maximum Gasteiger partial charge on any atom is 0.230 e. The molecule has 3 rings (SSSR count).